The second kappa shape index (κ2) is 31.3. The second-order valence-electron chi connectivity index (χ2n) is 19.9. The number of hydrogen-bond donors (Lipinski definition) is 16. The van der Waals surface area contributed by atoms with Crippen LogP contribution in [0.5, 0.6) is 11.5 Å². The number of carbonyl (C=O) groups is 10. The van der Waals surface area contributed by atoms with Crippen LogP contribution in [0.3, 0.4) is 0 Å². The molecular formula is C55H70N14O14. The summed E-state index contributed by atoms with van der Waals surface area (Å²) >= 11 is 0. The predicted molar refractivity (Wildman–Crippen MR) is 296 cm³/mol. The van der Waals surface area contributed by atoms with Crippen LogP contribution < -0.4 is 53.6 Å². The van der Waals surface area contributed by atoms with Gasteiger partial charge in [0.05, 0.1) is 31.8 Å². The van der Waals surface area contributed by atoms with E-state index in [9.17, 15) is 68.4 Å². The van der Waals surface area contributed by atoms with Gasteiger partial charge in [0.25, 0.3) is 0 Å². The fraction of sp³-hybridized carbons (Fsp3) is 0.382. The third-order valence-corrected chi connectivity index (χ3v) is 12.8. The Bertz CT molecular complexity index is 2980. The van der Waals surface area contributed by atoms with E-state index in [0.29, 0.717) is 28.1 Å². The third kappa shape index (κ3) is 20.7. The molecule has 0 unspecified atom stereocenters. The van der Waals surface area contributed by atoms with Gasteiger partial charge in [0.1, 0.15) is 59.8 Å². The molecular weight excluding hydrogens is 1080 g/mol. The van der Waals surface area contributed by atoms with Gasteiger partial charge in [-0.2, -0.15) is 0 Å². The van der Waals surface area contributed by atoms with Gasteiger partial charge in [0.15, 0.2) is 0 Å². The SMILES string of the molecule is CC(C)[C@H](NC(=O)[C@H](Cc1ccc(O)cc1)NC(=O)[C@H](Cc1cnc[nH]1)NC(=O)CNC(=O)[C@H](C)NC(=O)[C@H](Cc1ccccc1)NC(=O)[C@@H](NC(=O)[C@H](Cc1ccc(O)cc1)NC(=O)CN)[C@@H](C)O)C(=O)N[C@@H](Cc1cnc[nH]1)C(=O)O. The highest BCUT2D eigenvalue weighted by molar-refractivity contribution is 5.98. The molecule has 444 valence electrons. The molecule has 3 aromatic carbocycles. The number of benzene rings is 3. The second-order valence-corrected chi connectivity index (χ2v) is 19.9. The lowest BCUT2D eigenvalue weighted by Crippen LogP contribution is -2.61. The fourth-order valence-corrected chi connectivity index (χ4v) is 8.30. The van der Waals surface area contributed by atoms with Crippen molar-refractivity contribution in [3.63, 3.8) is 0 Å². The van der Waals surface area contributed by atoms with Gasteiger partial charge < -0.3 is 84.0 Å². The van der Waals surface area contributed by atoms with Gasteiger partial charge in [0, 0.05) is 55.9 Å². The molecule has 0 spiro atoms. The number of nitrogens with two attached hydrogens (primary N) is 1. The highest BCUT2D eigenvalue weighted by Gasteiger charge is 2.36. The van der Waals surface area contributed by atoms with Crippen molar-refractivity contribution < 1.29 is 68.4 Å². The van der Waals surface area contributed by atoms with E-state index in [2.05, 4.69) is 67.8 Å². The first-order valence-electron chi connectivity index (χ1n) is 26.3. The van der Waals surface area contributed by atoms with E-state index < -0.39 is 133 Å². The van der Waals surface area contributed by atoms with Crippen LogP contribution >= 0.6 is 0 Å². The van der Waals surface area contributed by atoms with Gasteiger partial charge >= 0.3 is 5.97 Å². The number of nitrogens with one attached hydrogen (secondary N) is 11. The molecule has 28 heteroatoms. The normalized spacial score (nSPS) is 14.3. The summed E-state index contributed by atoms with van der Waals surface area (Å²) in [5.74, 6) is -9.93. The summed E-state index contributed by atoms with van der Waals surface area (Å²) in [5, 5.41) is 62.9. The van der Waals surface area contributed by atoms with E-state index in [4.69, 9.17) is 5.73 Å². The van der Waals surface area contributed by atoms with Gasteiger partial charge in [-0.05, 0) is 60.7 Å². The number of hydrogen-bond acceptors (Lipinski definition) is 16. The number of amides is 9. The van der Waals surface area contributed by atoms with Crippen LogP contribution in [0.4, 0.5) is 0 Å². The molecule has 2 aromatic heterocycles. The van der Waals surface area contributed by atoms with Crippen molar-refractivity contribution >= 4 is 59.1 Å². The van der Waals surface area contributed by atoms with E-state index in [1.807, 2.05) is 0 Å². The fourth-order valence-electron chi connectivity index (χ4n) is 8.30. The first-order valence-corrected chi connectivity index (χ1v) is 26.3. The van der Waals surface area contributed by atoms with Crippen LogP contribution in [0.15, 0.2) is 104 Å². The maximum atomic E-state index is 14.3. The summed E-state index contributed by atoms with van der Waals surface area (Å²) in [7, 11) is 0. The van der Waals surface area contributed by atoms with Crippen molar-refractivity contribution in [1.82, 2.24) is 67.8 Å². The monoisotopic (exact) mass is 1150 g/mol. The number of aromatic nitrogens is 4. The molecule has 0 aliphatic carbocycles. The molecule has 0 aliphatic rings. The molecule has 9 amide bonds. The van der Waals surface area contributed by atoms with E-state index in [0.717, 1.165) is 0 Å². The van der Waals surface area contributed by atoms with Crippen LogP contribution in [0, 0.1) is 5.92 Å². The Morgan fingerprint density at radius 3 is 1.36 bits per heavy atom. The van der Waals surface area contributed by atoms with Crippen LogP contribution in [0.1, 0.15) is 55.8 Å². The lowest BCUT2D eigenvalue weighted by atomic mass is 9.99. The van der Waals surface area contributed by atoms with Gasteiger partial charge in [-0.25, -0.2) is 14.8 Å². The number of aliphatic carboxylic acids is 1. The van der Waals surface area contributed by atoms with Crippen molar-refractivity contribution in [1.29, 1.82) is 0 Å². The maximum absolute atomic E-state index is 14.3. The highest BCUT2D eigenvalue weighted by atomic mass is 16.4. The number of rotatable bonds is 31. The largest absolute Gasteiger partial charge is 0.508 e. The predicted octanol–water partition coefficient (Wildman–Crippen LogP) is -2.85. The van der Waals surface area contributed by atoms with Crippen molar-refractivity contribution in [3.05, 3.63) is 132 Å². The first-order chi connectivity index (χ1) is 39.5. The zero-order valence-electron chi connectivity index (χ0n) is 45.9. The van der Waals surface area contributed by atoms with Crippen LogP contribution in [0.2, 0.25) is 0 Å². The number of nitrogens with zero attached hydrogens (tertiary/aromatic N) is 2. The molecule has 83 heavy (non-hydrogen) atoms. The quantitative estimate of drug-likeness (QED) is 0.0212. The molecule has 0 aliphatic heterocycles. The average Bonchev–Trinajstić information content (AvgIpc) is 4.20. The summed E-state index contributed by atoms with van der Waals surface area (Å²) in [5.41, 5.74) is 7.83. The van der Waals surface area contributed by atoms with Crippen molar-refractivity contribution in [2.75, 3.05) is 13.1 Å². The first kappa shape index (κ1) is 64.1. The number of aromatic amines is 2. The summed E-state index contributed by atoms with van der Waals surface area (Å²) in [6.07, 6.45) is 3.12. The number of carboxylic acids is 1. The molecule has 28 nitrogen and oxygen atoms in total. The van der Waals surface area contributed by atoms with Crippen LogP contribution in [-0.4, -0.2) is 167 Å². The van der Waals surface area contributed by atoms with E-state index >= 15 is 0 Å². The number of carboxylic acid groups (broad SMARTS) is 1. The van der Waals surface area contributed by atoms with Crippen molar-refractivity contribution in [3.8, 4) is 11.5 Å². The zero-order chi connectivity index (χ0) is 60.8. The number of phenols is 2. The number of aliphatic hydroxyl groups is 1. The van der Waals surface area contributed by atoms with E-state index in [-0.39, 0.29) is 43.6 Å². The van der Waals surface area contributed by atoms with E-state index in [1.165, 1.54) is 87.4 Å². The number of phenolic OH excluding ortho intramolecular Hbond substituents is 2. The van der Waals surface area contributed by atoms with Gasteiger partial charge in [0.2, 0.25) is 53.2 Å². The zero-order valence-corrected chi connectivity index (χ0v) is 45.9. The third-order valence-electron chi connectivity index (χ3n) is 12.8. The smallest absolute Gasteiger partial charge is 0.326 e. The number of carbonyl (C=O) groups excluding carboxylic acids is 9. The minimum atomic E-state index is -1.68. The Hall–Kier alpha value is -9.70. The van der Waals surface area contributed by atoms with Crippen molar-refractivity contribution in [2.45, 2.75) is 114 Å². The Morgan fingerprint density at radius 1 is 0.482 bits per heavy atom. The molecule has 0 radical (unpaired) electrons. The van der Waals surface area contributed by atoms with Crippen LogP contribution in [-0.2, 0) is 80.0 Å². The summed E-state index contributed by atoms with van der Waals surface area (Å²) in [6, 6.07) is 8.56. The molecule has 9 atom stereocenters. The van der Waals surface area contributed by atoms with Crippen LogP contribution in [0.25, 0.3) is 0 Å². The topological polar surface area (TPSA) is 443 Å². The number of H-pyrrole nitrogens is 2. The summed E-state index contributed by atoms with van der Waals surface area (Å²) < 4.78 is 0. The Labute approximate surface area is 476 Å². The van der Waals surface area contributed by atoms with Gasteiger partial charge in [-0.15, -0.1) is 0 Å². The molecule has 0 bridgehead atoms. The molecule has 0 saturated heterocycles. The molecule has 5 aromatic rings. The number of imidazole rings is 2. The van der Waals surface area contributed by atoms with Gasteiger partial charge in [-0.1, -0.05) is 68.4 Å². The highest BCUT2D eigenvalue weighted by Crippen LogP contribution is 2.15. The summed E-state index contributed by atoms with van der Waals surface area (Å²) in [6.45, 7) is 4.53. The van der Waals surface area contributed by atoms with Crippen molar-refractivity contribution in [2.24, 2.45) is 11.7 Å². The van der Waals surface area contributed by atoms with E-state index in [1.54, 1.807) is 44.2 Å². The lowest BCUT2D eigenvalue weighted by Gasteiger charge is -2.28. The molecule has 2 heterocycles. The standard InChI is InChI=1S/C55H70N14O14/c1-29(2)46(53(80)67-43(55(82)83)22-36-25-58-28-61-36)68-52(79)41(20-34-12-16-38(72)17-13-34)65-50(77)42(21-35-24-57-27-60-35)64-45(74)26-59-48(75)30(3)62-49(76)40(18-32-8-6-5-7-9-32)66-54(81)47(31(4)70)69-51(78)39(63-44(73)23-56)19-33-10-14-37(71)15-11-33/h5-17,24-25,27-31,39-43,46-47,70-72H,18-23,26,56H2,1-4H3,(H,57,60)(H,58,61)(H,59,75)(H,62,76)(H,63,73)(H,64,74)(H,65,77)(H,66,81)(H,67,80)(H,68,79)(H,69,78)(H,82,83)/t30-,31+,39-,40-,41-,42-,43-,46-,47-/m0/s1. The van der Waals surface area contributed by atoms with Gasteiger partial charge in [-0.3, -0.25) is 43.2 Å². The molecule has 0 fully saturated rings. The minimum Gasteiger partial charge on any atom is -0.508 e. The Kier molecular flexibility index (Phi) is 24.2. The number of aromatic hydroxyl groups is 2. The minimum absolute atomic E-state index is 0.0437. The average molecular weight is 1150 g/mol. The number of aliphatic hydroxyl groups excluding tert-OH is 1. The molecule has 0 saturated carbocycles. The molecule has 5 rings (SSSR count). The Morgan fingerprint density at radius 2 is 0.892 bits per heavy atom. The maximum Gasteiger partial charge on any atom is 0.326 e. The summed E-state index contributed by atoms with van der Waals surface area (Å²) in [4.78, 5) is 149. The Balaban J connectivity index is 1.26. The molecule has 17 N–H and O–H groups in total. The lowest BCUT2D eigenvalue weighted by molar-refractivity contribution is -0.142.